The first kappa shape index (κ1) is 19.6. The molecule has 2 rings (SSSR count). The normalized spacial score (nSPS) is 13.0. The van der Waals surface area contributed by atoms with Crippen molar-refractivity contribution in [3.63, 3.8) is 0 Å². The molecular weight excluding hydrogens is 333 g/mol. The minimum Gasteiger partial charge on any atom is -0.321 e. The Labute approximate surface area is 153 Å². The van der Waals surface area contributed by atoms with Gasteiger partial charge in [-0.05, 0) is 50.1 Å². The van der Waals surface area contributed by atoms with E-state index in [1.165, 1.54) is 12.1 Å². The first-order valence-electron chi connectivity index (χ1n) is 8.52. The van der Waals surface area contributed by atoms with E-state index in [1.54, 1.807) is 26.1 Å². The molecule has 138 valence electrons. The maximum Gasteiger partial charge on any atom is 0.282 e. The number of hydrogen-bond donors (Lipinski definition) is 3. The number of carbonyl (C=O) groups is 2. The van der Waals surface area contributed by atoms with Crippen molar-refractivity contribution in [1.82, 2.24) is 0 Å². The summed E-state index contributed by atoms with van der Waals surface area (Å²) in [7, 11) is 1.76. The molecule has 0 fully saturated rings. The summed E-state index contributed by atoms with van der Waals surface area (Å²) in [5.41, 5.74) is 2.94. The van der Waals surface area contributed by atoms with Crippen molar-refractivity contribution in [2.45, 2.75) is 26.8 Å². The highest BCUT2D eigenvalue weighted by Gasteiger charge is 2.24. The van der Waals surface area contributed by atoms with Crippen LogP contribution in [0.1, 0.15) is 18.1 Å². The maximum absolute atomic E-state index is 13.7. The summed E-state index contributed by atoms with van der Waals surface area (Å²) in [5, 5.41) is 5.45. The van der Waals surface area contributed by atoms with Gasteiger partial charge >= 0.3 is 0 Å². The second-order valence-electron chi connectivity index (χ2n) is 6.58. The van der Waals surface area contributed by atoms with Gasteiger partial charge in [0.1, 0.15) is 5.82 Å². The van der Waals surface area contributed by atoms with Crippen LogP contribution in [0.2, 0.25) is 0 Å². The number of halogens is 1. The third-order valence-corrected chi connectivity index (χ3v) is 4.37. The molecule has 0 saturated heterocycles. The number of quaternary nitrogens is 1. The summed E-state index contributed by atoms with van der Waals surface area (Å²) in [4.78, 5) is 25.3. The monoisotopic (exact) mass is 358 g/mol. The average Bonchev–Trinajstić information content (AvgIpc) is 2.59. The molecule has 3 N–H and O–H groups in total. The number of carbonyl (C=O) groups excluding carboxylic acids is 2. The van der Waals surface area contributed by atoms with Gasteiger partial charge in [0, 0.05) is 5.69 Å². The number of aryl methyl sites for hydroxylation is 2. The molecule has 2 aromatic carbocycles. The largest absolute Gasteiger partial charge is 0.321 e. The molecular formula is C20H25FN3O2+. The molecule has 2 atom stereocenters. The van der Waals surface area contributed by atoms with Crippen LogP contribution in [0.15, 0.2) is 42.5 Å². The van der Waals surface area contributed by atoms with Crippen LogP contribution in [-0.2, 0) is 9.59 Å². The van der Waals surface area contributed by atoms with Crippen molar-refractivity contribution in [3.05, 3.63) is 59.4 Å². The highest BCUT2D eigenvalue weighted by Crippen LogP contribution is 2.16. The Kier molecular flexibility index (Phi) is 6.46. The standard InChI is InChI=1S/C20H24FN3O2/c1-13-9-10-14(2)18(11-13)22-19(25)12-24(4)15(3)20(26)23-17-8-6-5-7-16(17)21/h5-11,15H,12H2,1-4H3,(H,22,25)(H,23,26)/p+1/t15-/m1/s1. The molecule has 1 unspecified atom stereocenters. The first-order valence-corrected chi connectivity index (χ1v) is 8.52. The lowest BCUT2D eigenvalue weighted by atomic mass is 10.1. The van der Waals surface area contributed by atoms with E-state index < -0.39 is 11.9 Å². The summed E-state index contributed by atoms with van der Waals surface area (Å²) < 4.78 is 13.7. The molecule has 0 aliphatic heterocycles. The van der Waals surface area contributed by atoms with Crippen LogP contribution in [-0.4, -0.2) is 31.4 Å². The quantitative estimate of drug-likeness (QED) is 0.739. The molecule has 0 spiro atoms. The van der Waals surface area contributed by atoms with Crippen LogP contribution in [0, 0.1) is 19.7 Å². The predicted octanol–water partition coefficient (Wildman–Crippen LogP) is 1.92. The van der Waals surface area contributed by atoms with Crippen LogP contribution < -0.4 is 15.5 Å². The van der Waals surface area contributed by atoms with Gasteiger partial charge in [-0.25, -0.2) is 4.39 Å². The topological polar surface area (TPSA) is 62.6 Å². The van der Waals surface area contributed by atoms with Crippen LogP contribution in [0.4, 0.5) is 15.8 Å². The van der Waals surface area contributed by atoms with Gasteiger partial charge in [-0.1, -0.05) is 24.3 Å². The second kappa shape index (κ2) is 8.58. The van der Waals surface area contributed by atoms with E-state index in [-0.39, 0.29) is 24.0 Å². The molecule has 0 heterocycles. The van der Waals surface area contributed by atoms with Crippen molar-refractivity contribution in [3.8, 4) is 0 Å². The Balaban J connectivity index is 1.94. The number of amides is 2. The predicted molar refractivity (Wildman–Crippen MR) is 101 cm³/mol. The van der Waals surface area contributed by atoms with Gasteiger partial charge in [0.15, 0.2) is 12.6 Å². The fourth-order valence-corrected chi connectivity index (χ4v) is 2.50. The number of hydrogen-bond acceptors (Lipinski definition) is 2. The van der Waals surface area contributed by atoms with Crippen LogP contribution in [0.25, 0.3) is 0 Å². The zero-order chi connectivity index (χ0) is 19.3. The third kappa shape index (κ3) is 5.13. The molecule has 0 radical (unpaired) electrons. The number of rotatable bonds is 6. The lowest BCUT2D eigenvalue weighted by Gasteiger charge is -2.21. The lowest BCUT2D eigenvalue weighted by molar-refractivity contribution is -0.885. The van der Waals surface area contributed by atoms with E-state index in [0.717, 1.165) is 16.8 Å². The summed E-state index contributed by atoms with van der Waals surface area (Å²) in [6.07, 6.45) is 0. The zero-order valence-corrected chi connectivity index (χ0v) is 15.5. The molecule has 5 nitrogen and oxygen atoms in total. The molecule has 26 heavy (non-hydrogen) atoms. The van der Waals surface area contributed by atoms with E-state index in [2.05, 4.69) is 10.6 Å². The van der Waals surface area contributed by atoms with Gasteiger partial charge in [0.2, 0.25) is 0 Å². The highest BCUT2D eigenvalue weighted by atomic mass is 19.1. The Morgan fingerprint density at radius 2 is 1.77 bits per heavy atom. The fraction of sp³-hybridized carbons (Fsp3) is 0.300. The minimum atomic E-state index is -0.515. The van der Waals surface area contributed by atoms with Crippen molar-refractivity contribution in [1.29, 1.82) is 0 Å². The smallest absolute Gasteiger partial charge is 0.282 e. The number of likely N-dealkylation sites (N-methyl/N-ethyl adjacent to an activating group) is 1. The molecule has 2 amide bonds. The van der Waals surface area contributed by atoms with Crippen LogP contribution >= 0.6 is 0 Å². The third-order valence-electron chi connectivity index (χ3n) is 4.37. The van der Waals surface area contributed by atoms with E-state index in [1.807, 2.05) is 32.0 Å². The first-order chi connectivity index (χ1) is 12.3. The van der Waals surface area contributed by atoms with Crippen molar-refractivity contribution < 1.29 is 18.9 Å². The number of para-hydroxylation sites is 1. The minimum absolute atomic E-state index is 0.124. The average molecular weight is 358 g/mol. The summed E-state index contributed by atoms with van der Waals surface area (Å²) >= 11 is 0. The van der Waals surface area contributed by atoms with Crippen LogP contribution in [0.3, 0.4) is 0 Å². The van der Waals surface area contributed by atoms with E-state index in [0.29, 0.717) is 4.90 Å². The Morgan fingerprint density at radius 1 is 1.08 bits per heavy atom. The van der Waals surface area contributed by atoms with Gasteiger partial charge < -0.3 is 15.5 Å². The Morgan fingerprint density at radius 3 is 2.46 bits per heavy atom. The maximum atomic E-state index is 13.7. The Bertz CT molecular complexity index is 807. The van der Waals surface area contributed by atoms with Crippen molar-refractivity contribution in [2.24, 2.45) is 0 Å². The summed E-state index contributed by atoms with van der Waals surface area (Å²) in [6, 6.07) is 11.3. The fourth-order valence-electron chi connectivity index (χ4n) is 2.50. The van der Waals surface area contributed by atoms with E-state index >= 15 is 0 Å². The molecule has 0 aliphatic carbocycles. The lowest BCUT2D eigenvalue weighted by Crippen LogP contribution is -3.14. The summed E-state index contributed by atoms with van der Waals surface area (Å²) in [5.74, 6) is -1.01. The SMILES string of the molecule is Cc1ccc(C)c(NC(=O)C[NH+](C)[C@H](C)C(=O)Nc2ccccc2F)c1. The van der Waals surface area contributed by atoms with Gasteiger partial charge in [0.25, 0.3) is 11.8 Å². The van der Waals surface area contributed by atoms with E-state index in [9.17, 15) is 14.0 Å². The molecule has 2 aromatic rings. The summed E-state index contributed by atoms with van der Waals surface area (Å²) in [6.45, 7) is 5.72. The highest BCUT2D eigenvalue weighted by molar-refractivity contribution is 5.95. The van der Waals surface area contributed by atoms with Crippen molar-refractivity contribution >= 4 is 23.2 Å². The number of anilines is 2. The van der Waals surface area contributed by atoms with Gasteiger partial charge in [-0.3, -0.25) is 9.59 Å². The van der Waals surface area contributed by atoms with Gasteiger partial charge in [0.05, 0.1) is 12.7 Å². The Hall–Kier alpha value is -2.73. The molecule has 0 bridgehead atoms. The molecule has 0 aliphatic rings. The molecule has 6 heteroatoms. The number of benzene rings is 2. The van der Waals surface area contributed by atoms with Crippen molar-refractivity contribution in [2.75, 3.05) is 24.2 Å². The molecule has 0 aromatic heterocycles. The second-order valence-corrected chi connectivity index (χ2v) is 6.58. The van der Waals surface area contributed by atoms with Gasteiger partial charge in [-0.2, -0.15) is 0 Å². The number of nitrogens with one attached hydrogen (secondary N) is 3. The van der Waals surface area contributed by atoms with E-state index in [4.69, 9.17) is 0 Å². The van der Waals surface area contributed by atoms with Crippen LogP contribution in [0.5, 0.6) is 0 Å². The zero-order valence-electron chi connectivity index (χ0n) is 15.5. The van der Waals surface area contributed by atoms with Gasteiger partial charge in [-0.15, -0.1) is 0 Å². The molecule has 0 saturated carbocycles.